The second kappa shape index (κ2) is 7.69. The Bertz CT molecular complexity index is 1240. The van der Waals surface area contributed by atoms with Crippen LogP contribution >= 0.6 is 11.3 Å². The van der Waals surface area contributed by atoms with Gasteiger partial charge in [0.2, 0.25) is 0 Å². The van der Waals surface area contributed by atoms with Crippen LogP contribution in [0, 0.1) is 28.5 Å². The Balaban J connectivity index is 2.41. The van der Waals surface area contributed by atoms with Crippen molar-refractivity contribution in [3.63, 3.8) is 0 Å². The van der Waals surface area contributed by atoms with Gasteiger partial charge >= 0.3 is 0 Å². The Kier molecular flexibility index (Phi) is 5.16. The number of para-hydroxylation sites is 2. The molecular weight excluding hydrogens is 365 g/mol. The fraction of sp³-hybridized carbons (Fsp3) is 0.0500. The van der Waals surface area contributed by atoms with Crippen molar-refractivity contribution in [2.24, 2.45) is 0 Å². The molecule has 0 saturated carbocycles. The van der Waals surface area contributed by atoms with Gasteiger partial charge in [0.1, 0.15) is 28.4 Å². The SMILES string of the molecule is COc1ccccc1-n1c(=C(C#N)C#N)s/c(=C/c2ccc(F)cc2)c1=O. The van der Waals surface area contributed by atoms with Crippen LogP contribution in [0.25, 0.3) is 17.3 Å². The van der Waals surface area contributed by atoms with Crippen molar-refractivity contribution in [2.75, 3.05) is 7.11 Å². The molecule has 0 bridgehead atoms. The monoisotopic (exact) mass is 377 g/mol. The van der Waals surface area contributed by atoms with Crippen molar-refractivity contribution in [1.82, 2.24) is 4.57 Å². The summed E-state index contributed by atoms with van der Waals surface area (Å²) in [7, 11) is 1.47. The van der Waals surface area contributed by atoms with E-state index in [1.165, 1.54) is 23.8 Å². The van der Waals surface area contributed by atoms with Crippen LogP contribution in [-0.4, -0.2) is 11.7 Å². The van der Waals surface area contributed by atoms with E-state index in [-0.39, 0.29) is 16.1 Å². The number of methoxy groups -OCH3 is 1. The van der Waals surface area contributed by atoms with Gasteiger partial charge in [-0.3, -0.25) is 9.36 Å². The molecule has 0 spiro atoms. The van der Waals surface area contributed by atoms with Gasteiger partial charge in [0.05, 0.1) is 17.3 Å². The minimum Gasteiger partial charge on any atom is -0.495 e. The zero-order valence-electron chi connectivity index (χ0n) is 14.1. The number of hydrogen-bond acceptors (Lipinski definition) is 5. The second-order valence-corrected chi connectivity index (χ2v) is 6.41. The minimum atomic E-state index is -0.396. The lowest BCUT2D eigenvalue weighted by molar-refractivity contribution is 0.412. The van der Waals surface area contributed by atoms with E-state index in [0.29, 0.717) is 21.5 Å². The van der Waals surface area contributed by atoms with Crippen LogP contribution in [-0.2, 0) is 0 Å². The number of thiazole rings is 1. The molecule has 3 rings (SSSR count). The second-order valence-electron chi connectivity index (χ2n) is 5.38. The highest BCUT2D eigenvalue weighted by atomic mass is 32.1. The molecule has 0 fully saturated rings. The molecule has 0 radical (unpaired) electrons. The molecule has 132 valence electrons. The van der Waals surface area contributed by atoms with Crippen molar-refractivity contribution >= 4 is 23.0 Å². The zero-order valence-corrected chi connectivity index (χ0v) is 15.0. The molecule has 3 aromatic rings. The van der Waals surface area contributed by atoms with Gasteiger partial charge in [-0.15, -0.1) is 11.3 Å². The van der Waals surface area contributed by atoms with Gasteiger partial charge in [0, 0.05) is 0 Å². The van der Waals surface area contributed by atoms with Crippen LogP contribution in [0.4, 0.5) is 4.39 Å². The number of aromatic nitrogens is 1. The first-order chi connectivity index (χ1) is 13.1. The largest absolute Gasteiger partial charge is 0.495 e. The van der Waals surface area contributed by atoms with E-state index in [9.17, 15) is 19.7 Å². The van der Waals surface area contributed by atoms with E-state index < -0.39 is 5.56 Å². The van der Waals surface area contributed by atoms with Crippen LogP contribution in [0.5, 0.6) is 5.75 Å². The van der Waals surface area contributed by atoms with E-state index >= 15 is 0 Å². The standard InChI is InChI=1S/C20H12FN3O2S/c1-26-17-5-3-2-4-16(17)24-19(25)18(27-20(24)14(11-22)12-23)10-13-6-8-15(21)9-7-13/h2-10H,1H3/b18-10+. The summed E-state index contributed by atoms with van der Waals surface area (Å²) in [6.07, 6.45) is 1.59. The first kappa shape index (κ1) is 18.1. The first-order valence-corrected chi connectivity index (χ1v) is 8.57. The minimum absolute atomic E-state index is 0.179. The average molecular weight is 377 g/mol. The summed E-state index contributed by atoms with van der Waals surface area (Å²) < 4.78 is 20.2. The summed E-state index contributed by atoms with van der Waals surface area (Å²) in [6, 6.07) is 16.2. The molecule has 0 aliphatic heterocycles. The predicted octanol–water partition coefficient (Wildman–Crippen LogP) is 2.07. The molecule has 0 N–H and O–H groups in total. The Morgan fingerprint density at radius 3 is 2.44 bits per heavy atom. The highest BCUT2D eigenvalue weighted by molar-refractivity contribution is 7.07. The maximum Gasteiger partial charge on any atom is 0.273 e. The number of benzene rings is 2. The molecule has 0 saturated heterocycles. The summed E-state index contributed by atoms with van der Waals surface area (Å²) in [5.41, 5.74) is 0.482. The fourth-order valence-electron chi connectivity index (χ4n) is 2.51. The van der Waals surface area contributed by atoms with Gasteiger partial charge in [-0.1, -0.05) is 24.3 Å². The van der Waals surface area contributed by atoms with Crippen molar-refractivity contribution in [1.29, 1.82) is 10.5 Å². The van der Waals surface area contributed by atoms with Crippen LogP contribution in [0.15, 0.2) is 53.3 Å². The smallest absolute Gasteiger partial charge is 0.273 e. The van der Waals surface area contributed by atoms with Crippen molar-refractivity contribution < 1.29 is 9.13 Å². The number of rotatable bonds is 3. The third-order valence-corrected chi connectivity index (χ3v) is 4.85. The maximum atomic E-state index is 13.1. The zero-order chi connectivity index (χ0) is 19.4. The highest BCUT2D eigenvalue weighted by Gasteiger charge is 2.14. The molecule has 1 heterocycles. The predicted molar refractivity (Wildman–Crippen MR) is 100 cm³/mol. The van der Waals surface area contributed by atoms with E-state index in [1.54, 1.807) is 42.5 Å². The van der Waals surface area contributed by atoms with Crippen LogP contribution < -0.4 is 19.5 Å². The van der Waals surface area contributed by atoms with Crippen molar-refractivity contribution in [3.8, 4) is 23.6 Å². The van der Waals surface area contributed by atoms with Crippen molar-refractivity contribution in [2.45, 2.75) is 0 Å². The van der Waals surface area contributed by atoms with Gasteiger partial charge < -0.3 is 4.74 Å². The number of hydrogen-bond donors (Lipinski definition) is 0. The van der Waals surface area contributed by atoms with Gasteiger partial charge in [0.15, 0.2) is 5.57 Å². The third-order valence-electron chi connectivity index (χ3n) is 3.75. The number of halogens is 1. The summed E-state index contributed by atoms with van der Waals surface area (Å²) in [5, 5.41) is 18.6. The normalized spacial score (nSPS) is 10.9. The summed E-state index contributed by atoms with van der Waals surface area (Å²) in [4.78, 5) is 13.0. The molecule has 5 nitrogen and oxygen atoms in total. The quantitative estimate of drug-likeness (QED) is 0.700. The highest BCUT2D eigenvalue weighted by Crippen LogP contribution is 2.19. The Morgan fingerprint density at radius 1 is 1.15 bits per heavy atom. The number of nitriles is 2. The van der Waals surface area contributed by atoms with Gasteiger partial charge in [-0.2, -0.15) is 10.5 Å². The van der Waals surface area contributed by atoms with E-state index in [0.717, 1.165) is 11.3 Å². The van der Waals surface area contributed by atoms with Crippen LogP contribution in [0.3, 0.4) is 0 Å². The molecule has 27 heavy (non-hydrogen) atoms. The summed E-state index contributed by atoms with van der Waals surface area (Å²) >= 11 is 1.02. The van der Waals surface area contributed by atoms with E-state index in [2.05, 4.69) is 0 Å². The van der Waals surface area contributed by atoms with Gasteiger partial charge in [-0.05, 0) is 35.9 Å². The fourth-order valence-corrected chi connectivity index (χ4v) is 3.56. The van der Waals surface area contributed by atoms with Gasteiger partial charge in [0.25, 0.3) is 5.56 Å². The summed E-state index contributed by atoms with van der Waals surface area (Å²) in [5.74, 6) is 0.0530. The molecule has 0 atom stereocenters. The van der Waals surface area contributed by atoms with E-state index in [1.807, 2.05) is 12.1 Å². The average Bonchev–Trinajstić information content (AvgIpc) is 3.00. The lowest BCUT2D eigenvalue weighted by atomic mass is 10.2. The lowest BCUT2D eigenvalue weighted by Crippen LogP contribution is -2.31. The number of ether oxygens (including phenoxy) is 1. The van der Waals surface area contributed by atoms with Gasteiger partial charge in [-0.25, -0.2) is 4.39 Å². The molecule has 0 aliphatic rings. The molecule has 0 unspecified atom stereocenters. The topological polar surface area (TPSA) is 78.8 Å². The van der Waals surface area contributed by atoms with Crippen molar-refractivity contribution in [3.05, 3.63) is 79.5 Å². The van der Waals surface area contributed by atoms with E-state index in [4.69, 9.17) is 4.74 Å². The maximum absolute atomic E-state index is 13.1. The Labute approximate surface area is 157 Å². The molecule has 2 aromatic carbocycles. The Morgan fingerprint density at radius 2 is 1.81 bits per heavy atom. The van der Waals surface area contributed by atoms with Crippen LogP contribution in [0.2, 0.25) is 0 Å². The first-order valence-electron chi connectivity index (χ1n) is 7.76. The molecular formula is C20H12FN3O2S. The molecule has 7 heteroatoms. The third kappa shape index (κ3) is 3.50. The molecule has 0 aliphatic carbocycles. The number of nitrogens with zero attached hydrogens (tertiary/aromatic N) is 3. The molecule has 0 amide bonds. The van der Waals surface area contributed by atoms with Crippen LogP contribution in [0.1, 0.15) is 5.56 Å². The molecule has 1 aromatic heterocycles. The summed E-state index contributed by atoms with van der Waals surface area (Å²) in [6.45, 7) is 0. The Hall–Kier alpha value is -3.68. The lowest BCUT2D eigenvalue weighted by Gasteiger charge is -2.08.